The summed E-state index contributed by atoms with van der Waals surface area (Å²) in [5.74, 6) is 2.50. The summed E-state index contributed by atoms with van der Waals surface area (Å²) in [5.41, 5.74) is 1.12. The summed E-state index contributed by atoms with van der Waals surface area (Å²) in [5, 5.41) is 3.45. The third-order valence-electron chi connectivity index (χ3n) is 6.02. The fourth-order valence-electron chi connectivity index (χ4n) is 3.86. The average Bonchev–Trinajstić information content (AvgIpc) is 3.65. The molecule has 2 aliphatic heterocycles. The maximum Gasteiger partial charge on any atom is 0.236 e. The predicted octanol–water partition coefficient (Wildman–Crippen LogP) is 1.04. The van der Waals surface area contributed by atoms with Crippen molar-refractivity contribution < 1.29 is 14.3 Å². The molecular weight excluding hydrogens is 523 g/mol. The Hall–Kier alpha value is -1.66. The van der Waals surface area contributed by atoms with Crippen LogP contribution >= 0.6 is 24.0 Å². The minimum absolute atomic E-state index is 0. The average molecular weight is 558 g/mol. The molecule has 32 heavy (non-hydrogen) atoms. The van der Waals surface area contributed by atoms with Crippen LogP contribution in [0.3, 0.4) is 0 Å². The van der Waals surface area contributed by atoms with Gasteiger partial charge in [-0.2, -0.15) is 0 Å². The highest BCUT2D eigenvalue weighted by Crippen LogP contribution is 2.29. The summed E-state index contributed by atoms with van der Waals surface area (Å²) < 4.78 is 11.1. The van der Waals surface area contributed by atoms with Gasteiger partial charge in [-0.25, -0.2) is 4.98 Å². The zero-order valence-electron chi connectivity index (χ0n) is 18.9. The number of ether oxygens (including phenoxy) is 2. The minimum atomic E-state index is 0. The van der Waals surface area contributed by atoms with Crippen LogP contribution in [0.4, 0.5) is 0 Å². The second-order valence-electron chi connectivity index (χ2n) is 8.41. The van der Waals surface area contributed by atoms with Gasteiger partial charge < -0.3 is 24.6 Å². The van der Waals surface area contributed by atoms with Crippen LogP contribution < -0.4 is 10.1 Å². The van der Waals surface area contributed by atoms with Crippen LogP contribution in [0.15, 0.2) is 23.3 Å². The van der Waals surface area contributed by atoms with Gasteiger partial charge in [-0.05, 0) is 30.4 Å². The zero-order chi connectivity index (χ0) is 21.5. The monoisotopic (exact) mass is 558 g/mol. The van der Waals surface area contributed by atoms with Gasteiger partial charge in [0.05, 0.1) is 26.4 Å². The van der Waals surface area contributed by atoms with Crippen LogP contribution in [0.5, 0.6) is 5.88 Å². The van der Waals surface area contributed by atoms with Crippen LogP contribution in [0, 0.1) is 5.92 Å². The predicted molar refractivity (Wildman–Crippen MR) is 133 cm³/mol. The number of carbonyl (C=O) groups is 1. The Morgan fingerprint density at radius 3 is 2.62 bits per heavy atom. The third kappa shape index (κ3) is 7.45. The zero-order valence-corrected chi connectivity index (χ0v) is 21.2. The van der Waals surface area contributed by atoms with E-state index in [0.717, 1.165) is 44.3 Å². The van der Waals surface area contributed by atoms with Gasteiger partial charge >= 0.3 is 0 Å². The molecule has 0 unspecified atom stereocenters. The van der Waals surface area contributed by atoms with E-state index in [1.807, 2.05) is 24.1 Å². The molecule has 1 saturated carbocycles. The SMILES string of the molecule is CN=C(NCc1ccnc(OCC2CC2)c1)N1CCN(CC(=O)N2CCOCC2)CC1.I. The third-order valence-corrected chi connectivity index (χ3v) is 6.02. The first kappa shape index (κ1) is 25.0. The molecule has 178 valence electrons. The lowest BCUT2D eigenvalue weighted by Crippen LogP contribution is -2.54. The van der Waals surface area contributed by atoms with E-state index in [2.05, 4.69) is 25.1 Å². The molecule has 0 radical (unpaired) electrons. The molecule has 1 aromatic rings. The molecule has 3 aliphatic rings. The number of pyridine rings is 1. The molecule has 2 saturated heterocycles. The first-order valence-electron chi connectivity index (χ1n) is 11.3. The van der Waals surface area contributed by atoms with E-state index in [9.17, 15) is 4.79 Å². The molecule has 0 spiro atoms. The molecule has 4 rings (SSSR count). The molecule has 0 aromatic carbocycles. The van der Waals surface area contributed by atoms with Gasteiger partial charge in [-0.15, -0.1) is 24.0 Å². The second kappa shape index (κ2) is 12.5. The molecule has 1 aliphatic carbocycles. The first-order chi connectivity index (χ1) is 15.2. The van der Waals surface area contributed by atoms with Crippen LogP contribution in [0.25, 0.3) is 0 Å². The molecule has 3 fully saturated rings. The first-order valence-corrected chi connectivity index (χ1v) is 11.3. The number of aromatic nitrogens is 1. The van der Waals surface area contributed by atoms with Gasteiger partial charge in [0.2, 0.25) is 11.8 Å². The summed E-state index contributed by atoms with van der Waals surface area (Å²) in [4.78, 5) is 27.6. The number of piperazine rings is 1. The van der Waals surface area contributed by atoms with E-state index in [-0.39, 0.29) is 29.9 Å². The maximum atomic E-state index is 12.5. The van der Waals surface area contributed by atoms with Crippen molar-refractivity contribution in [1.82, 2.24) is 25.0 Å². The normalized spacial score (nSPS) is 20.0. The number of rotatable bonds is 7. The number of amides is 1. The molecule has 1 aromatic heterocycles. The molecular formula is C22H35IN6O3. The van der Waals surface area contributed by atoms with E-state index in [1.54, 1.807) is 6.20 Å². The van der Waals surface area contributed by atoms with E-state index >= 15 is 0 Å². The lowest BCUT2D eigenvalue weighted by molar-refractivity contribution is -0.136. The van der Waals surface area contributed by atoms with E-state index < -0.39 is 0 Å². The van der Waals surface area contributed by atoms with Crippen molar-refractivity contribution in [3.8, 4) is 5.88 Å². The van der Waals surface area contributed by atoms with Gasteiger partial charge in [0, 0.05) is 65.1 Å². The largest absolute Gasteiger partial charge is 0.477 e. The van der Waals surface area contributed by atoms with Crippen molar-refractivity contribution in [2.45, 2.75) is 19.4 Å². The number of hydrogen-bond donors (Lipinski definition) is 1. The van der Waals surface area contributed by atoms with Crippen molar-refractivity contribution in [2.24, 2.45) is 10.9 Å². The van der Waals surface area contributed by atoms with Crippen molar-refractivity contribution in [3.05, 3.63) is 23.9 Å². The lowest BCUT2D eigenvalue weighted by atomic mass is 10.2. The number of nitrogens with zero attached hydrogens (tertiary/aromatic N) is 5. The van der Waals surface area contributed by atoms with E-state index in [4.69, 9.17) is 9.47 Å². The Kier molecular flexibility index (Phi) is 9.79. The standard InChI is InChI=1S/C22H34N6O3.HI/c1-23-22(25-15-19-4-5-24-20(14-19)31-17-18-2-3-18)28-8-6-26(7-9-28)16-21(29)27-10-12-30-13-11-27;/h4-5,14,18H,2-3,6-13,15-17H2,1H3,(H,23,25);1H. The highest BCUT2D eigenvalue weighted by molar-refractivity contribution is 14.0. The van der Waals surface area contributed by atoms with Crippen LogP contribution in [0.2, 0.25) is 0 Å². The Morgan fingerprint density at radius 2 is 1.94 bits per heavy atom. The molecule has 1 N–H and O–H groups in total. The number of hydrogen-bond acceptors (Lipinski definition) is 6. The fraction of sp³-hybridized carbons (Fsp3) is 0.682. The quantitative estimate of drug-likeness (QED) is 0.304. The molecule has 0 bridgehead atoms. The summed E-state index contributed by atoms with van der Waals surface area (Å²) in [7, 11) is 1.81. The van der Waals surface area contributed by atoms with E-state index in [0.29, 0.717) is 51.2 Å². The smallest absolute Gasteiger partial charge is 0.236 e. The Morgan fingerprint density at radius 1 is 1.19 bits per heavy atom. The molecule has 9 nitrogen and oxygen atoms in total. The summed E-state index contributed by atoms with van der Waals surface area (Å²) >= 11 is 0. The van der Waals surface area contributed by atoms with Crippen molar-refractivity contribution in [1.29, 1.82) is 0 Å². The topological polar surface area (TPSA) is 82.5 Å². The molecule has 0 atom stereocenters. The summed E-state index contributed by atoms with van der Waals surface area (Å²) in [6.45, 7) is 8.03. The Bertz CT molecular complexity index is 762. The van der Waals surface area contributed by atoms with Crippen molar-refractivity contribution >= 4 is 35.8 Å². The maximum absolute atomic E-state index is 12.5. The highest BCUT2D eigenvalue weighted by Gasteiger charge is 2.24. The van der Waals surface area contributed by atoms with Gasteiger partial charge in [0.25, 0.3) is 0 Å². The number of nitrogens with one attached hydrogen (secondary N) is 1. The number of halogens is 1. The number of carbonyl (C=O) groups excluding carboxylic acids is 1. The number of aliphatic imine (C=N–C) groups is 1. The Labute approximate surface area is 207 Å². The number of morpholine rings is 1. The van der Waals surface area contributed by atoms with Gasteiger partial charge in [-0.1, -0.05) is 0 Å². The van der Waals surface area contributed by atoms with Gasteiger partial charge in [0.15, 0.2) is 5.96 Å². The Balaban J connectivity index is 0.00000289. The highest BCUT2D eigenvalue weighted by atomic mass is 127. The van der Waals surface area contributed by atoms with E-state index in [1.165, 1.54) is 12.8 Å². The molecule has 1 amide bonds. The second-order valence-corrected chi connectivity index (χ2v) is 8.41. The molecule has 10 heteroatoms. The van der Waals surface area contributed by atoms with Crippen molar-refractivity contribution in [3.63, 3.8) is 0 Å². The van der Waals surface area contributed by atoms with Gasteiger partial charge in [-0.3, -0.25) is 14.7 Å². The van der Waals surface area contributed by atoms with Crippen LogP contribution in [-0.2, 0) is 16.1 Å². The molecule has 3 heterocycles. The fourth-order valence-corrected chi connectivity index (χ4v) is 3.86. The van der Waals surface area contributed by atoms with Crippen LogP contribution in [-0.4, -0.2) is 104 Å². The summed E-state index contributed by atoms with van der Waals surface area (Å²) in [6.07, 6.45) is 4.34. The number of guanidine groups is 1. The minimum Gasteiger partial charge on any atom is -0.477 e. The van der Waals surface area contributed by atoms with Crippen LogP contribution in [0.1, 0.15) is 18.4 Å². The lowest BCUT2D eigenvalue weighted by Gasteiger charge is -2.37. The van der Waals surface area contributed by atoms with Crippen molar-refractivity contribution in [2.75, 3.05) is 72.7 Å². The summed E-state index contributed by atoms with van der Waals surface area (Å²) in [6, 6.07) is 4.00. The van der Waals surface area contributed by atoms with Gasteiger partial charge in [0.1, 0.15) is 0 Å².